The van der Waals surface area contributed by atoms with Crippen molar-refractivity contribution >= 4 is 45.0 Å². The minimum Gasteiger partial charge on any atom is -0.478 e. The number of urea groups is 1. The number of carboxylic acids is 1. The van der Waals surface area contributed by atoms with Crippen LogP contribution in [0, 0.1) is 6.92 Å². The Bertz CT molecular complexity index is 983. The quantitative estimate of drug-likeness (QED) is 0.485. The van der Waals surface area contributed by atoms with Gasteiger partial charge in [0, 0.05) is 16.4 Å². The van der Waals surface area contributed by atoms with E-state index in [2.05, 4.69) is 26.6 Å². The Morgan fingerprint density at radius 3 is 2.56 bits per heavy atom. The number of thiophene rings is 1. The monoisotopic (exact) mass is 444 g/mol. The smallest absolute Gasteiger partial charge is 0.339 e. The van der Waals surface area contributed by atoms with E-state index in [1.54, 1.807) is 5.38 Å². The zero-order chi connectivity index (χ0) is 19.4. The highest BCUT2D eigenvalue weighted by molar-refractivity contribution is 9.10. The molecule has 0 unspecified atom stereocenters. The van der Waals surface area contributed by atoms with Crippen LogP contribution < -0.4 is 10.6 Å². The van der Waals surface area contributed by atoms with E-state index in [-0.39, 0.29) is 11.3 Å². The number of hydrogen-bond acceptors (Lipinski definition) is 3. The van der Waals surface area contributed by atoms with Gasteiger partial charge in [-0.1, -0.05) is 57.9 Å². The summed E-state index contributed by atoms with van der Waals surface area (Å²) in [6.07, 6.45) is 0. The third kappa shape index (κ3) is 4.75. The molecule has 0 atom stereocenters. The number of nitrogens with one attached hydrogen (secondary N) is 2. The van der Waals surface area contributed by atoms with Gasteiger partial charge in [-0.05, 0) is 30.2 Å². The maximum absolute atomic E-state index is 12.2. The molecule has 0 saturated heterocycles. The molecule has 3 aromatic rings. The molecule has 0 aliphatic rings. The molecule has 0 fully saturated rings. The first kappa shape index (κ1) is 19.1. The van der Waals surface area contributed by atoms with E-state index < -0.39 is 12.0 Å². The summed E-state index contributed by atoms with van der Waals surface area (Å²) < 4.78 is 0.911. The van der Waals surface area contributed by atoms with Gasteiger partial charge in [0.1, 0.15) is 5.56 Å². The lowest BCUT2D eigenvalue weighted by Gasteiger charge is -2.09. The first-order valence-corrected chi connectivity index (χ1v) is 9.82. The summed E-state index contributed by atoms with van der Waals surface area (Å²) >= 11 is 4.65. The molecule has 0 aliphatic carbocycles. The number of hydrogen-bond donors (Lipinski definition) is 3. The third-order valence-electron chi connectivity index (χ3n) is 3.90. The van der Waals surface area contributed by atoms with Crippen LogP contribution in [-0.2, 0) is 6.54 Å². The number of aryl methyl sites for hydroxylation is 1. The lowest BCUT2D eigenvalue weighted by atomic mass is 10.1. The van der Waals surface area contributed by atoms with Gasteiger partial charge in [0.15, 0.2) is 0 Å². The number of carbonyl (C=O) groups excluding carboxylic acids is 1. The number of benzene rings is 2. The molecule has 0 radical (unpaired) electrons. The van der Waals surface area contributed by atoms with E-state index in [0.29, 0.717) is 11.4 Å². The number of carbonyl (C=O) groups is 2. The van der Waals surface area contributed by atoms with Crippen LogP contribution in [0.15, 0.2) is 58.4 Å². The van der Waals surface area contributed by atoms with Crippen molar-refractivity contribution in [2.24, 2.45) is 0 Å². The standard InChI is InChI=1S/C20H17BrN2O3S/c1-12-3-2-4-13(9-12)10-22-20(26)23-16-11-27-18(17(16)19(24)25)14-5-7-15(21)8-6-14/h2-9,11H,10H2,1H3,(H,24,25)(H2,22,23,26). The van der Waals surface area contributed by atoms with Gasteiger partial charge in [-0.3, -0.25) is 0 Å². The number of carboxylic acid groups (broad SMARTS) is 1. The number of rotatable bonds is 5. The first-order chi connectivity index (χ1) is 12.9. The maximum atomic E-state index is 12.2. The van der Waals surface area contributed by atoms with Crippen LogP contribution in [0.25, 0.3) is 10.4 Å². The van der Waals surface area contributed by atoms with Crippen LogP contribution in [0.2, 0.25) is 0 Å². The minimum atomic E-state index is -1.08. The second-order valence-electron chi connectivity index (χ2n) is 5.96. The Balaban J connectivity index is 1.75. The summed E-state index contributed by atoms with van der Waals surface area (Å²) in [6, 6.07) is 14.7. The summed E-state index contributed by atoms with van der Waals surface area (Å²) in [5.74, 6) is -1.08. The van der Waals surface area contributed by atoms with Crippen LogP contribution in [0.5, 0.6) is 0 Å². The molecule has 0 spiro atoms. The predicted octanol–water partition coefficient (Wildman–Crippen LogP) is 5.51. The molecule has 3 N–H and O–H groups in total. The molecular weight excluding hydrogens is 428 g/mol. The van der Waals surface area contributed by atoms with E-state index in [1.807, 2.05) is 55.5 Å². The highest BCUT2D eigenvalue weighted by Gasteiger charge is 2.21. The SMILES string of the molecule is Cc1cccc(CNC(=O)Nc2csc(-c3ccc(Br)cc3)c2C(=O)O)c1. The summed E-state index contributed by atoms with van der Waals surface area (Å²) in [5.41, 5.74) is 3.25. The van der Waals surface area contributed by atoms with Crippen molar-refractivity contribution in [2.75, 3.05) is 5.32 Å². The first-order valence-electron chi connectivity index (χ1n) is 8.15. The Morgan fingerprint density at radius 1 is 1.15 bits per heavy atom. The molecular formula is C20H17BrN2O3S. The maximum Gasteiger partial charge on any atom is 0.339 e. The van der Waals surface area contributed by atoms with Crippen molar-refractivity contribution in [1.82, 2.24) is 5.32 Å². The average molecular weight is 445 g/mol. The van der Waals surface area contributed by atoms with Gasteiger partial charge in [0.2, 0.25) is 0 Å². The van der Waals surface area contributed by atoms with Crippen molar-refractivity contribution in [1.29, 1.82) is 0 Å². The Labute approximate surface area is 169 Å². The Kier molecular flexibility index (Phi) is 5.93. The van der Waals surface area contributed by atoms with E-state index in [9.17, 15) is 14.7 Å². The zero-order valence-electron chi connectivity index (χ0n) is 14.5. The van der Waals surface area contributed by atoms with Crippen molar-refractivity contribution < 1.29 is 14.7 Å². The summed E-state index contributed by atoms with van der Waals surface area (Å²) in [4.78, 5) is 24.6. The number of anilines is 1. The minimum absolute atomic E-state index is 0.0908. The average Bonchev–Trinajstić information content (AvgIpc) is 3.04. The molecule has 3 rings (SSSR count). The van der Waals surface area contributed by atoms with Crippen molar-refractivity contribution in [3.05, 3.63) is 75.1 Å². The fourth-order valence-corrected chi connectivity index (χ4v) is 3.91. The fourth-order valence-electron chi connectivity index (χ4n) is 2.65. The largest absolute Gasteiger partial charge is 0.478 e. The van der Waals surface area contributed by atoms with Crippen molar-refractivity contribution in [2.45, 2.75) is 13.5 Å². The van der Waals surface area contributed by atoms with Crippen LogP contribution in [0.4, 0.5) is 10.5 Å². The van der Waals surface area contributed by atoms with Crippen LogP contribution in [0.3, 0.4) is 0 Å². The van der Waals surface area contributed by atoms with Crippen LogP contribution in [-0.4, -0.2) is 17.1 Å². The van der Waals surface area contributed by atoms with Crippen molar-refractivity contribution in [3.8, 4) is 10.4 Å². The molecule has 0 saturated carbocycles. The highest BCUT2D eigenvalue weighted by atomic mass is 79.9. The van der Waals surface area contributed by atoms with Gasteiger partial charge in [-0.2, -0.15) is 0 Å². The van der Waals surface area contributed by atoms with E-state index >= 15 is 0 Å². The molecule has 2 aromatic carbocycles. The summed E-state index contributed by atoms with van der Waals surface area (Å²) in [5, 5.41) is 16.7. The lowest BCUT2D eigenvalue weighted by Crippen LogP contribution is -2.28. The van der Waals surface area contributed by atoms with Crippen molar-refractivity contribution in [3.63, 3.8) is 0 Å². The van der Waals surface area contributed by atoms with Gasteiger partial charge in [-0.25, -0.2) is 9.59 Å². The molecule has 2 amide bonds. The highest BCUT2D eigenvalue weighted by Crippen LogP contribution is 2.36. The van der Waals surface area contributed by atoms with Gasteiger partial charge in [0.25, 0.3) is 0 Å². The molecule has 138 valence electrons. The third-order valence-corrected chi connectivity index (χ3v) is 5.45. The normalized spacial score (nSPS) is 10.4. The molecule has 5 nitrogen and oxygen atoms in total. The molecule has 7 heteroatoms. The van der Waals surface area contributed by atoms with Gasteiger partial charge in [-0.15, -0.1) is 11.3 Å². The fraction of sp³-hybridized carbons (Fsp3) is 0.100. The molecule has 27 heavy (non-hydrogen) atoms. The predicted molar refractivity (Wildman–Crippen MR) is 111 cm³/mol. The lowest BCUT2D eigenvalue weighted by molar-refractivity contribution is 0.0699. The Hall–Kier alpha value is -2.64. The second kappa shape index (κ2) is 8.37. The van der Waals surface area contributed by atoms with Gasteiger partial charge < -0.3 is 15.7 Å². The van der Waals surface area contributed by atoms with Gasteiger partial charge in [0.05, 0.1) is 10.6 Å². The Morgan fingerprint density at radius 2 is 1.89 bits per heavy atom. The molecule has 1 heterocycles. The number of aromatic carboxylic acids is 1. The molecule has 1 aromatic heterocycles. The molecule has 0 bridgehead atoms. The van der Waals surface area contributed by atoms with Crippen LogP contribution >= 0.6 is 27.3 Å². The van der Waals surface area contributed by atoms with Crippen LogP contribution in [0.1, 0.15) is 21.5 Å². The summed E-state index contributed by atoms with van der Waals surface area (Å²) in [6.45, 7) is 2.34. The number of halogens is 1. The van der Waals surface area contributed by atoms with E-state index in [4.69, 9.17) is 0 Å². The zero-order valence-corrected chi connectivity index (χ0v) is 16.9. The topological polar surface area (TPSA) is 78.4 Å². The van der Waals surface area contributed by atoms with E-state index in [1.165, 1.54) is 11.3 Å². The number of amides is 2. The van der Waals surface area contributed by atoms with E-state index in [0.717, 1.165) is 21.2 Å². The molecule has 0 aliphatic heterocycles. The second-order valence-corrected chi connectivity index (χ2v) is 7.76. The summed E-state index contributed by atoms with van der Waals surface area (Å²) in [7, 11) is 0. The van der Waals surface area contributed by atoms with Gasteiger partial charge >= 0.3 is 12.0 Å².